The first kappa shape index (κ1) is 27.0. The van der Waals surface area contributed by atoms with Crippen LogP contribution in [0.15, 0.2) is 60.7 Å². The molecule has 7 nitrogen and oxygen atoms in total. The van der Waals surface area contributed by atoms with E-state index >= 15 is 0 Å². The summed E-state index contributed by atoms with van der Waals surface area (Å²) >= 11 is 0. The highest BCUT2D eigenvalue weighted by Gasteiger charge is 2.12. The van der Waals surface area contributed by atoms with Crippen LogP contribution in [0.4, 0.5) is 0 Å². The second kappa shape index (κ2) is 17.2. The van der Waals surface area contributed by atoms with Gasteiger partial charge in [0.2, 0.25) is 0 Å². The molecule has 0 fully saturated rings. The molecular formula is C26H39N3O4. The summed E-state index contributed by atoms with van der Waals surface area (Å²) in [5.41, 5.74) is 2.31. The topological polar surface area (TPSA) is 91.9 Å². The van der Waals surface area contributed by atoms with Gasteiger partial charge in [-0.25, -0.2) is 0 Å². The third kappa shape index (κ3) is 13.1. The van der Waals surface area contributed by atoms with E-state index in [1.807, 2.05) is 48.5 Å². The first-order chi connectivity index (χ1) is 16.2. The van der Waals surface area contributed by atoms with Gasteiger partial charge in [0.25, 0.3) is 0 Å². The zero-order chi connectivity index (χ0) is 23.6. The number of hydrogen-bond donors (Lipinski definition) is 4. The number of benzene rings is 2. The standard InChI is InChI=1S/C26H39N3O4/c1-2-28-24(20-32-18-22-10-5-3-6-11-22)16-27-17-25(29-15-9-14-26(30)31)21-33-19-23-12-7-4-8-13-23/h3-8,10-13,24-25,27-29H,2,9,14-21H2,1H3,(H,30,31). The molecule has 2 unspecified atom stereocenters. The number of rotatable bonds is 19. The average Bonchev–Trinajstić information content (AvgIpc) is 2.82. The molecule has 2 rings (SSSR count). The monoisotopic (exact) mass is 457 g/mol. The van der Waals surface area contributed by atoms with Crippen molar-refractivity contribution < 1.29 is 19.4 Å². The Balaban J connectivity index is 1.73. The van der Waals surface area contributed by atoms with Crippen LogP contribution in [-0.2, 0) is 27.5 Å². The number of carboxylic acid groups (broad SMARTS) is 1. The molecule has 2 aromatic rings. The highest BCUT2D eigenvalue weighted by Crippen LogP contribution is 2.02. The summed E-state index contributed by atoms with van der Waals surface area (Å²) in [4.78, 5) is 10.8. The Morgan fingerprint density at radius 3 is 1.85 bits per heavy atom. The van der Waals surface area contributed by atoms with E-state index in [-0.39, 0.29) is 18.5 Å². The van der Waals surface area contributed by atoms with Crippen molar-refractivity contribution in [2.45, 2.75) is 45.1 Å². The molecule has 0 amide bonds. The minimum atomic E-state index is -0.768. The zero-order valence-electron chi connectivity index (χ0n) is 19.7. The predicted molar refractivity (Wildman–Crippen MR) is 131 cm³/mol. The molecule has 2 atom stereocenters. The maximum atomic E-state index is 10.8. The molecule has 0 aromatic heterocycles. The second-order valence-corrected chi connectivity index (χ2v) is 8.06. The number of likely N-dealkylation sites (N-methyl/N-ethyl adjacent to an activating group) is 1. The molecule has 4 N–H and O–H groups in total. The highest BCUT2D eigenvalue weighted by atomic mass is 16.5. The SMILES string of the molecule is CCNC(CNCC(COCc1ccccc1)NCCCC(=O)O)COCc1ccccc1. The number of hydrogen-bond acceptors (Lipinski definition) is 6. The van der Waals surface area contributed by atoms with Crippen molar-refractivity contribution in [2.24, 2.45) is 0 Å². The molecule has 7 heteroatoms. The first-order valence-electron chi connectivity index (χ1n) is 11.8. The van der Waals surface area contributed by atoms with Gasteiger partial charge in [-0.15, -0.1) is 0 Å². The third-order valence-electron chi connectivity index (χ3n) is 5.14. The Kier molecular flexibility index (Phi) is 14.1. The van der Waals surface area contributed by atoms with Crippen LogP contribution in [0.25, 0.3) is 0 Å². The van der Waals surface area contributed by atoms with Gasteiger partial charge in [-0.2, -0.15) is 0 Å². The lowest BCUT2D eigenvalue weighted by molar-refractivity contribution is -0.137. The van der Waals surface area contributed by atoms with Crippen molar-refractivity contribution in [1.82, 2.24) is 16.0 Å². The zero-order valence-corrected chi connectivity index (χ0v) is 19.7. The Hall–Kier alpha value is -2.29. The summed E-state index contributed by atoms with van der Waals surface area (Å²) in [6, 6.07) is 20.6. The molecule has 0 saturated heterocycles. The predicted octanol–water partition coefficient (Wildman–Crippen LogP) is 2.81. The molecule has 0 radical (unpaired) electrons. The summed E-state index contributed by atoms with van der Waals surface area (Å²) < 4.78 is 11.8. The summed E-state index contributed by atoms with van der Waals surface area (Å²) in [5.74, 6) is -0.768. The van der Waals surface area contributed by atoms with Crippen LogP contribution in [0.1, 0.15) is 30.9 Å². The molecule has 0 saturated carbocycles. The lowest BCUT2D eigenvalue weighted by Gasteiger charge is -2.23. The van der Waals surface area contributed by atoms with Crippen molar-refractivity contribution >= 4 is 5.97 Å². The van der Waals surface area contributed by atoms with Crippen LogP contribution in [-0.4, -0.2) is 62.6 Å². The van der Waals surface area contributed by atoms with Gasteiger partial charge < -0.3 is 30.5 Å². The van der Waals surface area contributed by atoms with E-state index in [0.29, 0.717) is 39.4 Å². The van der Waals surface area contributed by atoms with Crippen molar-refractivity contribution in [1.29, 1.82) is 0 Å². The maximum absolute atomic E-state index is 10.8. The molecular weight excluding hydrogens is 418 g/mol. The molecule has 0 aliphatic heterocycles. The van der Waals surface area contributed by atoms with Gasteiger partial charge in [0.1, 0.15) is 0 Å². The first-order valence-corrected chi connectivity index (χ1v) is 11.8. The van der Waals surface area contributed by atoms with Gasteiger partial charge in [0.05, 0.1) is 26.4 Å². The normalized spacial score (nSPS) is 13.0. The Labute approximate surface area is 197 Å². The quantitative estimate of drug-likeness (QED) is 0.241. The largest absolute Gasteiger partial charge is 0.481 e. The number of nitrogens with one attached hydrogen (secondary N) is 3. The number of ether oxygens (including phenoxy) is 2. The fraction of sp³-hybridized carbons (Fsp3) is 0.500. The fourth-order valence-corrected chi connectivity index (χ4v) is 3.43. The summed E-state index contributed by atoms with van der Waals surface area (Å²) in [6.07, 6.45) is 0.761. The molecule has 2 aromatic carbocycles. The van der Waals surface area contributed by atoms with Gasteiger partial charge in [0, 0.05) is 31.6 Å². The summed E-state index contributed by atoms with van der Waals surface area (Å²) in [7, 11) is 0. The third-order valence-corrected chi connectivity index (χ3v) is 5.14. The minimum Gasteiger partial charge on any atom is -0.481 e. The smallest absolute Gasteiger partial charge is 0.303 e. The minimum absolute atomic E-state index is 0.0926. The molecule has 0 aliphatic carbocycles. The highest BCUT2D eigenvalue weighted by molar-refractivity contribution is 5.66. The van der Waals surface area contributed by atoms with Crippen LogP contribution in [0.3, 0.4) is 0 Å². The number of carboxylic acids is 1. The van der Waals surface area contributed by atoms with E-state index in [9.17, 15) is 4.79 Å². The van der Waals surface area contributed by atoms with Crippen molar-refractivity contribution in [3.8, 4) is 0 Å². The maximum Gasteiger partial charge on any atom is 0.303 e. The van der Waals surface area contributed by atoms with Crippen LogP contribution < -0.4 is 16.0 Å². The summed E-state index contributed by atoms with van der Waals surface area (Å²) in [6.45, 7) is 7.43. The Morgan fingerprint density at radius 1 is 0.848 bits per heavy atom. The average molecular weight is 458 g/mol. The lowest BCUT2D eigenvalue weighted by Crippen LogP contribution is -2.47. The fourth-order valence-electron chi connectivity index (χ4n) is 3.43. The van der Waals surface area contributed by atoms with Gasteiger partial charge in [-0.05, 0) is 30.6 Å². The number of aliphatic carboxylic acids is 1. The van der Waals surface area contributed by atoms with Crippen LogP contribution in [0, 0.1) is 0 Å². The molecule has 182 valence electrons. The van der Waals surface area contributed by atoms with Gasteiger partial charge in [0.15, 0.2) is 0 Å². The van der Waals surface area contributed by atoms with Crippen LogP contribution in [0.2, 0.25) is 0 Å². The van der Waals surface area contributed by atoms with E-state index < -0.39 is 5.97 Å². The van der Waals surface area contributed by atoms with Gasteiger partial charge in [-0.3, -0.25) is 4.79 Å². The van der Waals surface area contributed by atoms with Crippen LogP contribution >= 0.6 is 0 Å². The van der Waals surface area contributed by atoms with Crippen molar-refractivity contribution in [3.63, 3.8) is 0 Å². The van der Waals surface area contributed by atoms with Crippen molar-refractivity contribution in [2.75, 3.05) is 39.4 Å². The van der Waals surface area contributed by atoms with E-state index in [2.05, 4.69) is 35.0 Å². The van der Waals surface area contributed by atoms with Gasteiger partial charge in [-0.1, -0.05) is 67.6 Å². The lowest BCUT2D eigenvalue weighted by atomic mass is 10.2. The van der Waals surface area contributed by atoms with Gasteiger partial charge >= 0.3 is 5.97 Å². The molecule has 0 aliphatic rings. The Morgan fingerprint density at radius 2 is 1.36 bits per heavy atom. The van der Waals surface area contributed by atoms with Crippen molar-refractivity contribution in [3.05, 3.63) is 71.8 Å². The van der Waals surface area contributed by atoms with Crippen LogP contribution in [0.5, 0.6) is 0 Å². The summed E-state index contributed by atoms with van der Waals surface area (Å²) in [5, 5.41) is 19.3. The van der Waals surface area contributed by atoms with E-state index in [1.54, 1.807) is 0 Å². The van der Waals surface area contributed by atoms with E-state index in [1.165, 1.54) is 5.56 Å². The Bertz CT molecular complexity index is 746. The second-order valence-electron chi connectivity index (χ2n) is 8.06. The van der Waals surface area contributed by atoms with E-state index in [0.717, 1.165) is 25.2 Å². The molecule has 33 heavy (non-hydrogen) atoms. The molecule has 0 spiro atoms. The molecule has 0 bridgehead atoms. The number of carbonyl (C=O) groups is 1. The van der Waals surface area contributed by atoms with E-state index in [4.69, 9.17) is 14.6 Å². The molecule has 0 heterocycles.